The Kier molecular flexibility index (Phi) is 5.74. The number of hydrogen-bond donors (Lipinski definition) is 0. The number of rotatable bonds is 5. The van der Waals surface area contributed by atoms with E-state index in [2.05, 4.69) is 38.1 Å². The van der Waals surface area contributed by atoms with Crippen molar-refractivity contribution in [1.82, 2.24) is 0 Å². The van der Waals surface area contributed by atoms with Crippen molar-refractivity contribution < 1.29 is 9.47 Å². The third kappa shape index (κ3) is 4.23. The van der Waals surface area contributed by atoms with E-state index in [-0.39, 0.29) is 6.10 Å². The van der Waals surface area contributed by atoms with Crippen molar-refractivity contribution in [2.24, 2.45) is 5.92 Å². The maximum atomic E-state index is 5.75. The van der Waals surface area contributed by atoms with E-state index in [1.807, 2.05) is 18.9 Å². The average Bonchev–Trinajstić information content (AvgIpc) is 2.43. The highest BCUT2D eigenvalue weighted by molar-refractivity contribution is 8.00. The predicted octanol–water partition coefficient (Wildman–Crippen LogP) is 3.92. The summed E-state index contributed by atoms with van der Waals surface area (Å²) in [5.74, 6) is 0.534. The largest absolute Gasteiger partial charge is 0.381 e. The van der Waals surface area contributed by atoms with Gasteiger partial charge in [-0.3, -0.25) is 0 Å². The molecule has 1 fully saturated rings. The summed E-state index contributed by atoms with van der Waals surface area (Å²) in [6.07, 6.45) is 2.65. The van der Waals surface area contributed by atoms with E-state index < -0.39 is 0 Å². The molecule has 2 rings (SSSR count). The Morgan fingerprint density at radius 2 is 2.05 bits per heavy atom. The first-order valence-electron chi connectivity index (χ1n) is 7.04. The lowest BCUT2D eigenvalue weighted by Crippen LogP contribution is -2.36. The third-order valence-electron chi connectivity index (χ3n) is 3.74. The van der Waals surface area contributed by atoms with Crippen molar-refractivity contribution in [1.29, 1.82) is 0 Å². The number of methoxy groups -OCH3 is 1. The Balaban J connectivity index is 1.95. The number of thioether (sulfide) groups is 1. The van der Waals surface area contributed by atoms with E-state index in [9.17, 15) is 0 Å². The second-order valence-electron chi connectivity index (χ2n) is 5.31. The quantitative estimate of drug-likeness (QED) is 0.762. The molecule has 1 heterocycles. The van der Waals surface area contributed by atoms with Gasteiger partial charge in [0.05, 0.1) is 12.7 Å². The molecule has 0 N–H and O–H groups in total. The van der Waals surface area contributed by atoms with Gasteiger partial charge < -0.3 is 9.47 Å². The first kappa shape index (κ1) is 14.9. The van der Waals surface area contributed by atoms with Crippen LogP contribution in [0.1, 0.15) is 25.3 Å². The molecule has 3 unspecified atom stereocenters. The lowest BCUT2D eigenvalue weighted by Gasteiger charge is -2.32. The zero-order valence-electron chi connectivity index (χ0n) is 12.1. The van der Waals surface area contributed by atoms with Gasteiger partial charge in [0.25, 0.3) is 0 Å². The molecule has 0 saturated carbocycles. The first-order chi connectivity index (χ1) is 9.20. The Morgan fingerprint density at radius 1 is 1.32 bits per heavy atom. The molecule has 2 nitrogen and oxygen atoms in total. The summed E-state index contributed by atoms with van der Waals surface area (Å²) in [4.78, 5) is 1.32. The smallest absolute Gasteiger partial charge is 0.0740 e. The van der Waals surface area contributed by atoms with Gasteiger partial charge in [-0.05, 0) is 31.9 Å². The summed E-state index contributed by atoms with van der Waals surface area (Å²) in [5.41, 5.74) is 1.31. The Morgan fingerprint density at radius 3 is 2.63 bits per heavy atom. The fourth-order valence-corrected chi connectivity index (χ4v) is 3.88. The van der Waals surface area contributed by atoms with E-state index in [0.717, 1.165) is 19.6 Å². The molecule has 1 aliphatic heterocycles. The molecule has 106 valence electrons. The summed E-state index contributed by atoms with van der Waals surface area (Å²) >= 11 is 1.90. The van der Waals surface area contributed by atoms with Crippen LogP contribution < -0.4 is 0 Å². The Hall–Kier alpha value is -0.510. The van der Waals surface area contributed by atoms with E-state index in [1.54, 1.807) is 0 Å². The standard InChI is InChI=1S/C16H24O2S/c1-12-6-8-15(9-7-12)19-13(2)16(17-3)14-5-4-10-18-11-14/h6-9,13-14,16H,4-5,10-11H2,1-3H3. The molecule has 0 spiro atoms. The molecule has 0 aliphatic carbocycles. The second kappa shape index (κ2) is 7.32. The molecule has 19 heavy (non-hydrogen) atoms. The topological polar surface area (TPSA) is 18.5 Å². The maximum Gasteiger partial charge on any atom is 0.0740 e. The molecular formula is C16H24O2S. The van der Waals surface area contributed by atoms with Gasteiger partial charge in [-0.15, -0.1) is 11.8 Å². The molecule has 3 heteroatoms. The van der Waals surface area contributed by atoms with E-state index >= 15 is 0 Å². The Bertz CT molecular complexity index is 371. The summed E-state index contributed by atoms with van der Waals surface area (Å²) in [6, 6.07) is 8.72. The van der Waals surface area contributed by atoms with Crippen molar-refractivity contribution in [2.75, 3.05) is 20.3 Å². The second-order valence-corrected chi connectivity index (χ2v) is 6.76. The van der Waals surface area contributed by atoms with Gasteiger partial charge in [-0.25, -0.2) is 0 Å². The van der Waals surface area contributed by atoms with Crippen LogP contribution in [0.4, 0.5) is 0 Å². The lowest BCUT2D eigenvalue weighted by molar-refractivity contribution is -0.0272. The van der Waals surface area contributed by atoms with Crippen LogP contribution in [0.25, 0.3) is 0 Å². The molecule has 1 saturated heterocycles. The van der Waals surface area contributed by atoms with Crippen molar-refractivity contribution in [3.8, 4) is 0 Å². The average molecular weight is 280 g/mol. The van der Waals surface area contributed by atoms with Crippen molar-refractivity contribution >= 4 is 11.8 Å². The van der Waals surface area contributed by atoms with Crippen LogP contribution in [0.5, 0.6) is 0 Å². The number of hydrogen-bond acceptors (Lipinski definition) is 3. The van der Waals surface area contributed by atoms with Gasteiger partial charge in [-0.1, -0.05) is 24.6 Å². The van der Waals surface area contributed by atoms with Crippen molar-refractivity contribution in [3.05, 3.63) is 29.8 Å². The SMILES string of the molecule is COC(C1CCCOC1)C(C)Sc1ccc(C)cc1. The molecule has 1 aliphatic rings. The normalized spacial score (nSPS) is 23.0. The van der Waals surface area contributed by atoms with Gasteiger partial charge in [-0.2, -0.15) is 0 Å². The van der Waals surface area contributed by atoms with Crippen LogP contribution in [0, 0.1) is 12.8 Å². The van der Waals surface area contributed by atoms with Gasteiger partial charge in [0.15, 0.2) is 0 Å². The highest BCUT2D eigenvalue weighted by Gasteiger charge is 2.29. The fourth-order valence-electron chi connectivity index (χ4n) is 2.69. The monoisotopic (exact) mass is 280 g/mol. The summed E-state index contributed by atoms with van der Waals surface area (Å²) < 4.78 is 11.3. The molecule has 1 aromatic rings. The molecule has 3 atom stereocenters. The van der Waals surface area contributed by atoms with Crippen LogP contribution in [0.15, 0.2) is 29.2 Å². The summed E-state index contributed by atoms with van der Waals surface area (Å²) in [6.45, 7) is 6.13. The number of aryl methyl sites for hydroxylation is 1. The minimum absolute atomic E-state index is 0.270. The highest BCUT2D eigenvalue weighted by atomic mass is 32.2. The van der Waals surface area contributed by atoms with E-state index in [4.69, 9.17) is 9.47 Å². The van der Waals surface area contributed by atoms with Crippen molar-refractivity contribution in [3.63, 3.8) is 0 Å². The number of ether oxygens (including phenoxy) is 2. The van der Waals surface area contributed by atoms with Crippen LogP contribution in [-0.4, -0.2) is 31.7 Å². The third-order valence-corrected chi connectivity index (χ3v) is 4.92. The van der Waals surface area contributed by atoms with Crippen LogP contribution in [0.3, 0.4) is 0 Å². The molecule has 0 bridgehead atoms. The molecule has 0 radical (unpaired) electrons. The summed E-state index contributed by atoms with van der Waals surface area (Å²) in [5, 5.41) is 0.444. The zero-order chi connectivity index (χ0) is 13.7. The molecule has 1 aromatic carbocycles. The van der Waals surface area contributed by atoms with E-state index in [1.165, 1.54) is 16.9 Å². The van der Waals surface area contributed by atoms with Crippen LogP contribution in [0.2, 0.25) is 0 Å². The van der Waals surface area contributed by atoms with Gasteiger partial charge >= 0.3 is 0 Å². The molecular weight excluding hydrogens is 256 g/mol. The zero-order valence-corrected chi connectivity index (χ0v) is 12.9. The van der Waals surface area contributed by atoms with Crippen LogP contribution in [-0.2, 0) is 9.47 Å². The number of benzene rings is 1. The van der Waals surface area contributed by atoms with Gasteiger partial charge in [0.1, 0.15) is 0 Å². The molecule has 0 aromatic heterocycles. The Labute approximate surface area is 120 Å². The summed E-state index contributed by atoms with van der Waals surface area (Å²) in [7, 11) is 1.82. The fraction of sp³-hybridized carbons (Fsp3) is 0.625. The minimum atomic E-state index is 0.270. The predicted molar refractivity (Wildman–Crippen MR) is 80.8 cm³/mol. The highest BCUT2D eigenvalue weighted by Crippen LogP contribution is 2.32. The lowest BCUT2D eigenvalue weighted by atomic mass is 9.94. The minimum Gasteiger partial charge on any atom is -0.381 e. The van der Waals surface area contributed by atoms with E-state index in [0.29, 0.717) is 11.2 Å². The van der Waals surface area contributed by atoms with Gasteiger partial charge in [0, 0.05) is 29.8 Å². The van der Waals surface area contributed by atoms with Gasteiger partial charge in [0.2, 0.25) is 0 Å². The molecule has 0 amide bonds. The van der Waals surface area contributed by atoms with Crippen LogP contribution >= 0.6 is 11.8 Å². The maximum absolute atomic E-state index is 5.75. The first-order valence-corrected chi connectivity index (χ1v) is 7.92. The van der Waals surface area contributed by atoms with Crippen molar-refractivity contribution in [2.45, 2.75) is 42.9 Å².